The molecule has 90 valence electrons. The van der Waals surface area contributed by atoms with Crippen molar-refractivity contribution in [2.45, 2.75) is 18.9 Å². The van der Waals surface area contributed by atoms with Crippen molar-refractivity contribution in [3.63, 3.8) is 0 Å². The molecule has 1 atom stereocenters. The Bertz CT molecular complexity index is 306. The molecule has 0 saturated heterocycles. The Morgan fingerprint density at radius 1 is 1.31 bits per heavy atom. The summed E-state index contributed by atoms with van der Waals surface area (Å²) in [6.07, 6.45) is 0.0353. The molecule has 0 amide bonds. The number of ether oxygens (including phenoxy) is 3. The molecule has 0 bridgehead atoms. The third kappa shape index (κ3) is 3.29. The van der Waals surface area contributed by atoms with Crippen molar-refractivity contribution in [3.8, 4) is 11.5 Å². The van der Waals surface area contributed by atoms with Crippen LogP contribution in [0.5, 0.6) is 11.5 Å². The van der Waals surface area contributed by atoms with Crippen molar-refractivity contribution in [2.75, 3.05) is 20.8 Å². The maximum absolute atomic E-state index is 5.84. The molecular weight excluding hydrogens is 228 g/mol. The monoisotopic (exact) mass is 244 g/mol. The molecule has 0 aliphatic carbocycles. The first-order valence-corrected chi connectivity index (χ1v) is 5.63. The lowest BCUT2D eigenvalue weighted by Gasteiger charge is -2.16. The Labute approximate surface area is 101 Å². The molecule has 3 nitrogen and oxygen atoms in total. The number of rotatable bonds is 6. The Morgan fingerprint density at radius 2 is 2.06 bits per heavy atom. The molecule has 0 radical (unpaired) electrons. The minimum Gasteiger partial charge on any atom is -0.493 e. The zero-order chi connectivity index (χ0) is 12.0. The van der Waals surface area contributed by atoms with Crippen LogP contribution in [0.1, 0.15) is 12.5 Å². The third-order valence-corrected chi connectivity index (χ3v) is 2.58. The van der Waals surface area contributed by atoms with Crippen LogP contribution in [0.2, 0.25) is 0 Å². The molecule has 1 rings (SSSR count). The van der Waals surface area contributed by atoms with Crippen LogP contribution >= 0.6 is 11.6 Å². The van der Waals surface area contributed by atoms with Gasteiger partial charge in [-0.1, -0.05) is 12.1 Å². The second-order valence-corrected chi connectivity index (χ2v) is 3.71. The van der Waals surface area contributed by atoms with Crippen LogP contribution in [-0.2, 0) is 10.6 Å². The maximum Gasteiger partial charge on any atom is 0.165 e. The summed E-state index contributed by atoms with van der Waals surface area (Å²) in [6.45, 7) is 2.41. The summed E-state index contributed by atoms with van der Waals surface area (Å²) < 4.78 is 16.0. The number of hydrogen-bond donors (Lipinski definition) is 0. The SMILES string of the molecule is COc1cccc(CCl)c1OCC(C)OC. The fourth-order valence-electron chi connectivity index (χ4n) is 1.26. The highest BCUT2D eigenvalue weighted by Crippen LogP contribution is 2.32. The van der Waals surface area contributed by atoms with Crippen LogP contribution in [0.3, 0.4) is 0 Å². The van der Waals surface area contributed by atoms with Crippen molar-refractivity contribution in [1.29, 1.82) is 0 Å². The van der Waals surface area contributed by atoms with Gasteiger partial charge in [0.15, 0.2) is 11.5 Å². The van der Waals surface area contributed by atoms with E-state index in [4.69, 9.17) is 25.8 Å². The predicted octanol–water partition coefficient (Wildman–Crippen LogP) is 2.85. The van der Waals surface area contributed by atoms with E-state index in [-0.39, 0.29) is 6.10 Å². The van der Waals surface area contributed by atoms with Gasteiger partial charge >= 0.3 is 0 Å². The highest BCUT2D eigenvalue weighted by Gasteiger charge is 2.11. The Kier molecular flexibility index (Phi) is 5.43. The Hall–Kier alpha value is -0.930. The van der Waals surface area contributed by atoms with Crippen molar-refractivity contribution < 1.29 is 14.2 Å². The van der Waals surface area contributed by atoms with Gasteiger partial charge in [-0.2, -0.15) is 0 Å². The van der Waals surface area contributed by atoms with E-state index in [2.05, 4.69) is 0 Å². The number of benzene rings is 1. The smallest absolute Gasteiger partial charge is 0.165 e. The van der Waals surface area contributed by atoms with Crippen molar-refractivity contribution in [1.82, 2.24) is 0 Å². The highest BCUT2D eigenvalue weighted by atomic mass is 35.5. The van der Waals surface area contributed by atoms with Crippen LogP contribution in [0.15, 0.2) is 18.2 Å². The molecule has 0 aromatic heterocycles. The van der Waals surface area contributed by atoms with E-state index in [1.165, 1.54) is 0 Å². The van der Waals surface area contributed by atoms with Gasteiger partial charge in [0, 0.05) is 12.7 Å². The molecule has 0 fully saturated rings. The minimum absolute atomic E-state index is 0.0353. The van der Waals surface area contributed by atoms with E-state index in [0.29, 0.717) is 24.0 Å². The fourth-order valence-corrected chi connectivity index (χ4v) is 1.47. The number of halogens is 1. The van der Waals surface area contributed by atoms with Gasteiger partial charge in [0.2, 0.25) is 0 Å². The maximum atomic E-state index is 5.84. The van der Waals surface area contributed by atoms with Gasteiger partial charge in [0.05, 0.1) is 19.1 Å². The lowest BCUT2D eigenvalue weighted by molar-refractivity contribution is 0.0703. The average Bonchev–Trinajstić information content (AvgIpc) is 2.35. The van der Waals surface area contributed by atoms with Crippen LogP contribution in [0.25, 0.3) is 0 Å². The van der Waals surface area contributed by atoms with Gasteiger partial charge < -0.3 is 14.2 Å². The van der Waals surface area contributed by atoms with Crippen molar-refractivity contribution in [2.24, 2.45) is 0 Å². The molecule has 4 heteroatoms. The first-order chi connectivity index (χ1) is 7.72. The lowest BCUT2D eigenvalue weighted by atomic mass is 10.2. The molecule has 0 aliphatic heterocycles. The molecular formula is C12H17ClO3. The number of para-hydroxylation sites is 1. The molecule has 1 aromatic carbocycles. The molecule has 0 heterocycles. The zero-order valence-electron chi connectivity index (χ0n) is 9.83. The van der Waals surface area contributed by atoms with Gasteiger partial charge in [-0.25, -0.2) is 0 Å². The van der Waals surface area contributed by atoms with Gasteiger partial charge in [-0.05, 0) is 13.0 Å². The molecule has 0 N–H and O–H groups in total. The second kappa shape index (κ2) is 6.61. The van der Waals surface area contributed by atoms with Gasteiger partial charge in [0.1, 0.15) is 6.61 Å². The summed E-state index contributed by atoms with van der Waals surface area (Å²) in [5.41, 5.74) is 0.921. The summed E-state index contributed by atoms with van der Waals surface area (Å²) in [5.74, 6) is 1.79. The van der Waals surface area contributed by atoms with Crippen molar-refractivity contribution >= 4 is 11.6 Å². The van der Waals surface area contributed by atoms with Gasteiger partial charge in [-0.3, -0.25) is 0 Å². The first-order valence-electron chi connectivity index (χ1n) is 5.10. The summed E-state index contributed by atoms with van der Waals surface area (Å²) in [5, 5.41) is 0. The Balaban J connectivity index is 2.82. The molecule has 1 aromatic rings. The second-order valence-electron chi connectivity index (χ2n) is 3.44. The van der Waals surface area contributed by atoms with E-state index >= 15 is 0 Å². The van der Waals surface area contributed by atoms with Crippen LogP contribution in [0, 0.1) is 0 Å². The number of hydrogen-bond acceptors (Lipinski definition) is 3. The first kappa shape index (κ1) is 13.1. The highest BCUT2D eigenvalue weighted by molar-refractivity contribution is 6.17. The normalized spacial score (nSPS) is 12.2. The molecule has 0 aliphatic rings. The van der Waals surface area contributed by atoms with Crippen LogP contribution in [0.4, 0.5) is 0 Å². The largest absolute Gasteiger partial charge is 0.493 e. The molecule has 0 saturated carbocycles. The third-order valence-electron chi connectivity index (χ3n) is 2.29. The summed E-state index contributed by atoms with van der Waals surface area (Å²) in [6, 6.07) is 5.66. The molecule has 0 spiro atoms. The van der Waals surface area contributed by atoms with E-state index < -0.39 is 0 Å². The standard InChI is InChI=1S/C12H17ClO3/c1-9(14-2)8-16-12-10(7-13)5-4-6-11(12)15-3/h4-6,9H,7-8H2,1-3H3. The fraction of sp³-hybridized carbons (Fsp3) is 0.500. The molecule has 16 heavy (non-hydrogen) atoms. The minimum atomic E-state index is 0.0353. The number of alkyl halides is 1. The van der Waals surface area contributed by atoms with E-state index in [0.717, 1.165) is 5.56 Å². The van der Waals surface area contributed by atoms with E-state index in [9.17, 15) is 0 Å². The summed E-state index contributed by atoms with van der Waals surface area (Å²) >= 11 is 5.84. The van der Waals surface area contributed by atoms with Crippen LogP contribution in [-0.4, -0.2) is 26.9 Å². The zero-order valence-corrected chi connectivity index (χ0v) is 10.6. The Morgan fingerprint density at radius 3 is 2.62 bits per heavy atom. The average molecular weight is 245 g/mol. The summed E-state index contributed by atoms with van der Waals surface area (Å²) in [4.78, 5) is 0. The quantitative estimate of drug-likeness (QED) is 0.721. The molecule has 1 unspecified atom stereocenters. The van der Waals surface area contributed by atoms with Gasteiger partial charge in [-0.15, -0.1) is 11.6 Å². The lowest BCUT2D eigenvalue weighted by Crippen LogP contribution is -2.16. The van der Waals surface area contributed by atoms with Crippen molar-refractivity contribution in [3.05, 3.63) is 23.8 Å². The predicted molar refractivity (Wildman–Crippen MR) is 64.5 cm³/mol. The number of methoxy groups -OCH3 is 2. The van der Waals surface area contributed by atoms with E-state index in [1.54, 1.807) is 14.2 Å². The van der Waals surface area contributed by atoms with Crippen LogP contribution < -0.4 is 9.47 Å². The van der Waals surface area contributed by atoms with E-state index in [1.807, 2.05) is 25.1 Å². The van der Waals surface area contributed by atoms with Gasteiger partial charge in [0.25, 0.3) is 0 Å². The summed E-state index contributed by atoms with van der Waals surface area (Å²) in [7, 11) is 3.26. The topological polar surface area (TPSA) is 27.7 Å².